The lowest BCUT2D eigenvalue weighted by Gasteiger charge is -2.29. The molecule has 3 amide bonds. The highest BCUT2D eigenvalue weighted by atomic mass is 16.5. The summed E-state index contributed by atoms with van der Waals surface area (Å²) in [6.45, 7) is 9.55. The zero-order valence-electron chi connectivity index (χ0n) is 30.7. The van der Waals surface area contributed by atoms with Crippen molar-refractivity contribution in [1.29, 1.82) is 0 Å². The monoisotopic (exact) mass is 725 g/mol. The van der Waals surface area contributed by atoms with Crippen LogP contribution in [-0.2, 0) is 12.0 Å². The molecule has 0 unspecified atom stereocenters. The van der Waals surface area contributed by atoms with Crippen molar-refractivity contribution in [2.45, 2.75) is 58.7 Å². The zero-order chi connectivity index (χ0) is 37.8. The molecule has 1 aliphatic rings. The summed E-state index contributed by atoms with van der Waals surface area (Å²) in [5.74, 6) is 2.01. The van der Waals surface area contributed by atoms with Crippen LogP contribution in [0.4, 0.5) is 27.9 Å². The fraction of sp³-hybridized carbons (Fsp3) is 0.268. The number of rotatable bonds is 9. The number of carbonyl (C=O) groups excluding carboxylic acids is 2. The molecule has 7 rings (SSSR count). The van der Waals surface area contributed by atoms with Crippen molar-refractivity contribution in [2.24, 2.45) is 0 Å². The molecular weight excluding hydrogens is 683 g/mol. The van der Waals surface area contributed by atoms with E-state index in [0.717, 1.165) is 33.3 Å². The summed E-state index contributed by atoms with van der Waals surface area (Å²) >= 11 is 0. The lowest BCUT2D eigenvalue weighted by molar-refractivity contribution is 0.0541. The Balaban J connectivity index is 1.01. The van der Waals surface area contributed by atoms with Crippen molar-refractivity contribution in [1.82, 2.24) is 29.6 Å². The van der Waals surface area contributed by atoms with Crippen molar-refractivity contribution in [3.05, 3.63) is 120 Å². The van der Waals surface area contributed by atoms with Gasteiger partial charge in [0.15, 0.2) is 0 Å². The molecule has 1 saturated heterocycles. The van der Waals surface area contributed by atoms with E-state index in [4.69, 9.17) is 9.84 Å². The van der Waals surface area contributed by atoms with Gasteiger partial charge in [-0.3, -0.25) is 10.1 Å². The summed E-state index contributed by atoms with van der Waals surface area (Å²) in [4.78, 5) is 41.0. The number of nitrogens with zero attached hydrogens (tertiary/aromatic N) is 6. The summed E-state index contributed by atoms with van der Waals surface area (Å²) in [5.41, 5.74) is 4.37. The number of urea groups is 1. The Labute approximate surface area is 313 Å². The van der Waals surface area contributed by atoms with Gasteiger partial charge in [0.05, 0.1) is 35.6 Å². The molecule has 0 bridgehead atoms. The number of anilines is 4. The molecule has 4 heterocycles. The van der Waals surface area contributed by atoms with Gasteiger partial charge in [0.25, 0.3) is 5.91 Å². The number of aryl methyl sites for hydroxylation is 1. The fourth-order valence-corrected chi connectivity index (χ4v) is 6.15. The van der Waals surface area contributed by atoms with Gasteiger partial charge in [0, 0.05) is 41.5 Å². The molecule has 0 atom stereocenters. The van der Waals surface area contributed by atoms with Crippen LogP contribution in [0.25, 0.3) is 16.5 Å². The second-order valence-electron chi connectivity index (χ2n) is 14.4. The first-order chi connectivity index (χ1) is 26.0. The summed E-state index contributed by atoms with van der Waals surface area (Å²) < 4.78 is 8.05. The molecule has 0 spiro atoms. The number of hydrogen-bond donors (Lipinski definition) is 4. The number of fused-ring (bicyclic) bond motifs is 1. The minimum absolute atomic E-state index is 0.199. The van der Waals surface area contributed by atoms with Crippen LogP contribution in [0, 0.1) is 6.92 Å². The van der Waals surface area contributed by atoms with E-state index in [2.05, 4.69) is 51.7 Å². The SMILES string of the molecule is Cc1ccc(-n2nc(C(C)(C)C)cc2NC(=O)Nc2ccc(OCc3ccnc(Nc4cnc(C(=O)N5CCC(O)CC5)cn4)c3)c3ccccc23)cc1. The lowest BCUT2D eigenvalue weighted by Crippen LogP contribution is -2.40. The molecule has 0 aliphatic carbocycles. The van der Waals surface area contributed by atoms with E-state index in [0.29, 0.717) is 54.8 Å². The first-order valence-corrected chi connectivity index (χ1v) is 17.9. The number of aliphatic hydroxyl groups excluding tert-OH is 1. The lowest BCUT2D eigenvalue weighted by atomic mass is 9.92. The maximum Gasteiger partial charge on any atom is 0.324 e. The van der Waals surface area contributed by atoms with Gasteiger partial charge < -0.3 is 25.4 Å². The van der Waals surface area contributed by atoms with Gasteiger partial charge in [-0.2, -0.15) is 5.10 Å². The Morgan fingerprint density at radius 2 is 1.63 bits per heavy atom. The average molecular weight is 726 g/mol. The van der Waals surface area contributed by atoms with E-state index in [-0.39, 0.29) is 29.7 Å². The zero-order valence-corrected chi connectivity index (χ0v) is 30.7. The van der Waals surface area contributed by atoms with E-state index >= 15 is 0 Å². The number of benzene rings is 3. The van der Waals surface area contributed by atoms with Gasteiger partial charge in [-0.15, -0.1) is 0 Å². The number of likely N-dealkylation sites (tertiary alicyclic amines) is 1. The highest BCUT2D eigenvalue weighted by Gasteiger charge is 2.24. The molecule has 54 heavy (non-hydrogen) atoms. The molecule has 13 nitrogen and oxygen atoms in total. The maximum absolute atomic E-state index is 13.5. The minimum Gasteiger partial charge on any atom is -0.488 e. The third-order valence-electron chi connectivity index (χ3n) is 9.23. The minimum atomic E-state index is -0.395. The van der Waals surface area contributed by atoms with E-state index in [1.54, 1.807) is 15.8 Å². The van der Waals surface area contributed by atoms with Crippen LogP contribution in [0.3, 0.4) is 0 Å². The Morgan fingerprint density at radius 3 is 2.35 bits per heavy atom. The molecule has 0 radical (unpaired) electrons. The van der Waals surface area contributed by atoms with Gasteiger partial charge >= 0.3 is 6.03 Å². The van der Waals surface area contributed by atoms with Crippen molar-refractivity contribution < 1.29 is 19.4 Å². The first-order valence-electron chi connectivity index (χ1n) is 17.9. The first kappa shape index (κ1) is 36.0. The highest BCUT2D eigenvalue weighted by Crippen LogP contribution is 2.33. The number of hydrogen-bond acceptors (Lipinski definition) is 9. The summed E-state index contributed by atoms with van der Waals surface area (Å²) in [6, 6.07) is 24.7. The van der Waals surface area contributed by atoms with Crippen LogP contribution in [0.1, 0.15) is 60.9 Å². The summed E-state index contributed by atoms with van der Waals surface area (Å²) in [5, 5.41) is 25.4. The number of nitrogens with one attached hydrogen (secondary N) is 3. The Morgan fingerprint density at radius 1 is 0.870 bits per heavy atom. The van der Waals surface area contributed by atoms with Crippen molar-refractivity contribution >= 4 is 45.9 Å². The van der Waals surface area contributed by atoms with Crippen LogP contribution >= 0.6 is 0 Å². The van der Waals surface area contributed by atoms with Gasteiger partial charge in [0.1, 0.15) is 35.5 Å². The normalized spacial score (nSPS) is 13.5. The number of pyridine rings is 1. The summed E-state index contributed by atoms with van der Waals surface area (Å²) in [6.07, 6.45) is 5.38. The van der Waals surface area contributed by atoms with E-state index in [1.807, 2.05) is 85.8 Å². The molecular formula is C41H43N9O4. The third-order valence-corrected chi connectivity index (χ3v) is 9.23. The topological polar surface area (TPSA) is 159 Å². The van der Waals surface area contributed by atoms with Gasteiger partial charge in [0.2, 0.25) is 0 Å². The Kier molecular flexibility index (Phi) is 10.2. The van der Waals surface area contributed by atoms with E-state index < -0.39 is 6.03 Å². The third kappa shape index (κ3) is 8.31. The maximum atomic E-state index is 13.5. The number of amides is 3. The van der Waals surface area contributed by atoms with Crippen LogP contribution < -0.4 is 20.7 Å². The molecule has 4 N–H and O–H groups in total. The molecule has 3 aromatic heterocycles. The molecule has 3 aromatic carbocycles. The number of aromatic nitrogens is 5. The largest absolute Gasteiger partial charge is 0.488 e. The second kappa shape index (κ2) is 15.3. The molecule has 6 aromatic rings. The fourth-order valence-electron chi connectivity index (χ4n) is 6.15. The molecule has 1 aliphatic heterocycles. The molecule has 276 valence electrons. The van der Waals surface area contributed by atoms with E-state index in [9.17, 15) is 14.7 Å². The molecule has 1 fully saturated rings. The van der Waals surface area contributed by atoms with Gasteiger partial charge in [-0.25, -0.2) is 24.4 Å². The van der Waals surface area contributed by atoms with Crippen LogP contribution in [0.15, 0.2) is 97.5 Å². The van der Waals surface area contributed by atoms with Crippen molar-refractivity contribution in [3.63, 3.8) is 0 Å². The number of carbonyl (C=O) groups is 2. The van der Waals surface area contributed by atoms with Gasteiger partial charge in [-0.1, -0.05) is 62.7 Å². The standard InChI is InChI=1S/C41H43N9O4/c1-26-9-11-28(12-10-26)50-38(22-35(48-50)41(2,3)4)47-40(53)45-32-13-14-34(31-8-6-5-7-30(31)32)54-25-27-15-18-42-36(21-27)46-37-24-43-33(23-44-37)39(52)49-19-16-29(51)17-20-49/h5-15,18,21-24,29,51H,16-17,19-20,25H2,1-4H3,(H,42,44,46)(H2,45,47,53). The number of piperidine rings is 1. The number of aliphatic hydroxyl groups is 1. The van der Waals surface area contributed by atoms with Crippen molar-refractivity contribution in [3.8, 4) is 11.4 Å². The average Bonchev–Trinajstić information content (AvgIpc) is 3.59. The Hall–Kier alpha value is -6.34. The van der Waals surface area contributed by atoms with Crippen LogP contribution in [0.5, 0.6) is 5.75 Å². The molecule has 0 saturated carbocycles. The van der Waals surface area contributed by atoms with Crippen LogP contribution in [0.2, 0.25) is 0 Å². The predicted octanol–water partition coefficient (Wildman–Crippen LogP) is 7.38. The number of ether oxygens (including phenoxy) is 1. The smallest absolute Gasteiger partial charge is 0.324 e. The summed E-state index contributed by atoms with van der Waals surface area (Å²) in [7, 11) is 0. The van der Waals surface area contributed by atoms with E-state index in [1.165, 1.54) is 12.4 Å². The quantitative estimate of drug-likeness (QED) is 0.119. The van der Waals surface area contributed by atoms with Crippen molar-refractivity contribution in [2.75, 3.05) is 29.0 Å². The second-order valence-corrected chi connectivity index (χ2v) is 14.4. The predicted molar refractivity (Wildman–Crippen MR) is 209 cm³/mol. The Bertz CT molecular complexity index is 2270. The molecule has 13 heteroatoms. The highest BCUT2D eigenvalue weighted by molar-refractivity contribution is 6.07. The van der Waals surface area contributed by atoms with Gasteiger partial charge in [-0.05, 0) is 61.7 Å². The van der Waals surface area contributed by atoms with Crippen LogP contribution in [-0.4, -0.2) is 65.9 Å².